The van der Waals surface area contributed by atoms with Gasteiger partial charge in [0.2, 0.25) is 0 Å². The fourth-order valence-electron chi connectivity index (χ4n) is 2.97. The number of benzene rings is 2. The number of rotatable bonds is 8. The van der Waals surface area contributed by atoms with E-state index in [0.29, 0.717) is 5.75 Å². The van der Waals surface area contributed by atoms with Gasteiger partial charge in [0.1, 0.15) is 5.75 Å². The van der Waals surface area contributed by atoms with E-state index in [9.17, 15) is 9.59 Å². The largest absolute Gasteiger partial charge is 0.496 e. The molecule has 2 rings (SSSR count). The highest BCUT2D eigenvalue weighted by Crippen LogP contribution is 2.38. The van der Waals surface area contributed by atoms with Crippen LogP contribution in [-0.2, 0) is 19.1 Å². The van der Waals surface area contributed by atoms with Crippen LogP contribution in [0.1, 0.15) is 30.9 Å². The second kappa shape index (κ2) is 9.61. The van der Waals surface area contributed by atoms with E-state index in [-0.39, 0.29) is 13.2 Å². The Morgan fingerprint density at radius 1 is 0.846 bits per heavy atom. The predicted molar refractivity (Wildman–Crippen MR) is 98.0 cm³/mol. The molecule has 138 valence electrons. The average molecular weight is 356 g/mol. The fourth-order valence-corrected chi connectivity index (χ4v) is 2.97. The van der Waals surface area contributed by atoms with Gasteiger partial charge in [0, 0.05) is 11.5 Å². The number of ether oxygens (including phenoxy) is 3. The quantitative estimate of drug-likeness (QED) is 0.534. The zero-order valence-electron chi connectivity index (χ0n) is 15.3. The highest BCUT2D eigenvalue weighted by atomic mass is 16.6. The van der Waals surface area contributed by atoms with E-state index >= 15 is 0 Å². The Morgan fingerprint density at radius 3 is 1.92 bits per heavy atom. The number of carbonyl (C=O) groups excluding carboxylic acids is 2. The van der Waals surface area contributed by atoms with Crippen LogP contribution in [0.5, 0.6) is 5.75 Å². The number of methoxy groups -OCH3 is 1. The van der Waals surface area contributed by atoms with E-state index in [1.807, 2.05) is 48.5 Å². The lowest BCUT2D eigenvalue weighted by atomic mass is 9.80. The van der Waals surface area contributed by atoms with E-state index in [1.165, 1.54) is 0 Å². The normalized spacial score (nSPS) is 11.7. The number of para-hydroxylation sites is 1. The lowest BCUT2D eigenvalue weighted by molar-refractivity contribution is -0.162. The summed E-state index contributed by atoms with van der Waals surface area (Å²) in [5, 5.41) is 0. The Hall–Kier alpha value is -2.82. The molecule has 0 aliphatic carbocycles. The number of esters is 2. The maximum absolute atomic E-state index is 12.7. The van der Waals surface area contributed by atoms with E-state index in [1.54, 1.807) is 27.0 Å². The minimum absolute atomic E-state index is 0.183. The number of hydrogen-bond acceptors (Lipinski definition) is 5. The van der Waals surface area contributed by atoms with Crippen molar-refractivity contribution in [1.29, 1.82) is 0 Å². The summed E-state index contributed by atoms with van der Waals surface area (Å²) in [6.07, 6.45) is 0. The lowest BCUT2D eigenvalue weighted by Gasteiger charge is -2.26. The second-order valence-electron chi connectivity index (χ2n) is 5.61. The van der Waals surface area contributed by atoms with Crippen LogP contribution >= 0.6 is 0 Å². The molecular formula is C21H24O5. The second-order valence-corrected chi connectivity index (χ2v) is 5.61. The van der Waals surface area contributed by atoms with Crippen molar-refractivity contribution in [3.8, 4) is 5.75 Å². The number of carbonyl (C=O) groups is 2. The van der Waals surface area contributed by atoms with Gasteiger partial charge in [-0.1, -0.05) is 48.5 Å². The molecule has 0 aromatic heterocycles. The molecule has 5 heteroatoms. The van der Waals surface area contributed by atoms with Crippen LogP contribution < -0.4 is 4.74 Å². The van der Waals surface area contributed by atoms with Crippen molar-refractivity contribution >= 4 is 11.9 Å². The summed E-state index contributed by atoms with van der Waals surface area (Å²) in [7, 11) is 1.56. The first kappa shape index (κ1) is 19.5. The first-order valence-corrected chi connectivity index (χ1v) is 8.65. The summed E-state index contributed by atoms with van der Waals surface area (Å²) in [4.78, 5) is 25.4. The van der Waals surface area contributed by atoms with Crippen molar-refractivity contribution in [3.05, 3.63) is 65.7 Å². The van der Waals surface area contributed by atoms with Crippen molar-refractivity contribution in [2.45, 2.75) is 19.8 Å². The molecule has 0 saturated carbocycles. The Bertz CT molecular complexity index is 708. The maximum Gasteiger partial charge on any atom is 0.321 e. The van der Waals surface area contributed by atoms with Crippen LogP contribution in [0.4, 0.5) is 0 Å². The van der Waals surface area contributed by atoms with E-state index in [0.717, 1.165) is 11.1 Å². The topological polar surface area (TPSA) is 61.8 Å². The van der Waals surface area contributed by atoms with Gasteiger partial charge in [-0.25, -0.2) is 0 Å². The van der Waals surface area contributed by atoms with Crippen LogP contribution in [0.3, 0.4) is 0 Å². The molecule has 2 aromatic rings. The molecule has 2 aromatic carbocycles. The van der Waals surface area contributed by atoms with Crippen molar-refractivity contribution in [3.63, 3.8) is 0 Å². The molecule has 0 unspecified atom stereocenters. The van der Waals surface area contributed by atoms with Gasteiger partial charge in [-0.3, -0.25) is 9.59 Å². The molecule has 0 aliphatic rings. The zero-order chi connectivity index (χ0) is 18.9. The predicted octanol–water partition coefficient (Wildman–Crippen LogP) is 3.57. The monoisotopic (exact) mass is 356 g/mol. The van der Waals surface area contributed by atoms with Crippen LogP contribution in [0.15, 0.2) is 54.6 Å². The summed E-state index contributed by atoms with van der Waals surface area (Å²) in [5.41, 5.74) is 1.54. The van der Waals surface area contributed by atoms with Crippen LogP contribution in [0, 0.1) is 5.92 Å². The van der Waals surface area contributed by atoms with Gasteiger partial charge in [-0.05, 0) is 25.5 Å². The molecule has 0 saturated heterocycles. The molecule has 0 heterocycles. The first-order chi connectivity index (χ1) is 12.6. The molecule has 0 spiro atoms. The van der Waals surface area contributed by atoms with Crippen molar-refractivity contribution in [2.24, 2.45) is 5.92 Å². The minimum Gasteiger partial charge on any atom is -0.496 e. The highest BCUT2D eigenvalue weighted by molar-refractivity contribution is 5.96. The van der Waals surface area contributed by atoms with E-state index < -0.39 is 23.8 Å². The Balaban J connectivity index is 2.63. The molecular weight excluding hydrogens is 332 g/mol. The molecule has 0 aliphatic heterocycles. The van der Waals surface area contributed by atoms with Crippen LogP contribution in [0.2, 0.25) is 0 Å². The molecule has 5 nitrogen and oxygen atoms in total. The fraction of sp³-hybridized carbons (Fsp3) is 0.333. The third-order valence-electron chi connectivity index (χ3n) is 4.05. The molecule has 26 heavy (non-hydrogen) atoms. The summed E-state index contributed by atoms with van der Waals surface area (Å²) >= 11 is 0. The van der Waals surface area contributed by atoms with Gasteiger partial charge < -0.3 is 14.2 Å². The molecule has 0 fully saturated rings. The van der Waals surface area contributed by atoms with E-state index in [4.69, 9.17) is 14.2 Å². The number of hydrogen-bond donors (Lipinski definition) is 0. The van der Waals surface area contributed by atoms with Crippen molar-refractivity contribution in [2.75, 3.05) is 20.3 Å². The average Bonchev–Trinajstić information content (AvgIpc) is 2.67. The Labute approximate surface area is 153 Å². The Kier molecular flexibility index (Phi) is 7.21. The molecule has 0 radical (unpaired) electrons. The van der Waals surface area contributed by atoms with Gasteiger partial charge in [0.15, 0.2) is 5.92 Å². The van der Waals surface area contributed by atoms with E-state index in [2.05, 4.69) is 0 Å². The summed E-state index contributed by atoms with van der Waals surface area (Å²) < 4.78 is 15.8. The summed E-state index contributed by atoms with van der Waals surface area (Å²) in [5.74, 6) is -2.31. The SMILES string of the molecule is CCOC(=O)C(C(=O)OCC)[C@@H](c1ccccc1)c1ccccc1OC. The van der Waals surface area contributed by atoms with Gasteiger partial charge >= 0.3 is 11.9 Å². The highest BCUT2D eigenvalue weighted by Gasteiger charge is 2.40. The van der Waals surface area contributed by atoms with Crippen LogP contribution in [-0.4, -0.2) is 32.3 Å². The standard InChI is InChI=1S/C21H24O5/c1-4-25-20(22)19(21(23)26-5-2)18(15-11-7-6-8-12-15)16-13-9-10-14-17(16)24-3/h6-14,18-19H,4-5H2,1-3H3/t18-/m0/s1. The smallest absolute Gasteiger partial charge is 0.321 e. The third-order valence-corrected chi connectivity index (χ3v) is 4.05. The van der Waals surface area contributed by atoms with Crippen molar-refractivity contribution in [1.82, 2.24) is 0 Å². The van der Waals surface area contributed by atoms with Gasteiger partial charge in [-0.2, -0.15) is 0 Å². The summed E-state index contributed by atoms with van der Waals surface area (Å²) in [6, 6.07) is 16.7. The molecule has 0 bridgehead atoms. The van der Waals surface area contributed by atoms with Crippen molar-refractivity contribution < 1.29 is 23.8 Å². The van der Waals surface area contributed by atoms with Crippen LogP contribution in [0.25, 0.3) is 0 Å². The van der Waals surface area contributed by atoms with Gasteiger partial charge in [-0.15, -0.1) is 0 Å². The molecule has 1 atom stereocenters. The first-order valence-electron chi connectivity index (χ1n) is 8.65. The lowest BCUT2D eigenvalue weighted by Crippen LogP contribution is -2.34. The van der Waals surface area contributed by atoms with Gasteiger partial charge in [0.05, 0.1) is 20.3 Å². The van der Waals surface area contributed by atoms with Gasteiger partial charge in [0.25, 0.3) is 0 Å². The minimum atomic E-state index is -1.12. The maximum atomic E-state index is 12.7. The third kappa shape index (κ3) is 4.42. The molecule has 0 N–H and O–H groups in total. The Morgan fingerprint density at radius 2 is 1.38 bits per heavy atom. The zero-order valence-corrected chi connectivity index (χ0v) is 15.3. The molecule has 0 amide bonds. The summed E-state index contributed by atoms with van der Waals surface area (Å²) in [6.45, 7) is 3.78.